The maximum Gasteiger partial charge on any atom is 0.150 e. The molecule has 0 aliphatic heterocycles. The normalized spacial score (nSPS) is 10.6. The number of rotatable bonds is 2. The van der Waals surface area contributed by atoms with Crippen LogP contribution in [0.4, 0.5) is 5.82 Å². The Morgan fingerprint density at radius 3 is 3.00 bits per heavy atom. The van der Waals surface area contributed by atoms with Crippen molar-refractivity contribution in [3.05, 3.63) is 24.8 Å². The molecule has 0 radical (unpaired) electrons. The van der Waals surface area contributed by atoms with E-state index < -0.39 is 0 Å². The Labute approximate surface area is 65.1 Å². The summed E-state index contributed by atoms with van der Waals surface area (Å²) >= 11 is 0. The van der Waals surface area contributed by atoms with Gasteiger partial charge in [-0.2, -0.15) is 0 Å². The number of nitrogens with two attached hydrogens (primary N) is 1. The third-order valence-electron chi connectivity index (χ3n) is 1.31. The number of nitrogens with zero attached hydrogens (tertiary/aromatic N) is 3. The highest BCUT2D eigenvalue weighted by Crippen LogP contribution is 2.03. The molecule has 0 unspecified atom stereocenters. The summed E-state index contributed by atoms with van der Waals surface area (Å²) in [6.07, 6.45) is 4.71. The van der Waals surface area contributed by atoms with Crippen molar-refractivity contribution in [3.8, 4) is 0 Å². The summed E-state index contributed by atoms with van der Waals surface area (Å²) < 4.78 is 1.79. The molecule has 1 heterocycles. The molecule has 58 valence electrons. The maximum absolute atomic E-state index is 5.52. The molecule has 1 aromatic rings. The lowest BCUT2D eigenvalue weighted by molar-refractivity contribution is 0.905. The second-order valence-corrected chi connectivity index (χ2v) is 2.09. The van der Waals surface area contributed by atoms with E-state index in [1.54, 1.807) is 17.1 Å². The fourth-order valence-electron chi connectivity index (χ4n) is 0.738. The largest absolute Gasteiger partial charge is 0.382 e. The van der Waals surface area contributed by atoms with Crippen molar-refractivity contribution in [2.75, 3.05) is 5.73 Å². The molecule has 0 amide bonds. The molecule has 0 aliphatic rings. The van der Waals surface area contributed by atoms with Gasteiger partial charge in [-0.1, -0.05) is 6.58 Å². The van der Waals surface area contributed by atoms with E-state index in [1.807, 2.05) is 7.05 Å². The number of aromatic nitrogens is 2. The molecule has 1 aromatic heterocycles. The van der Waals surface area contributed by atoms with Gasteiger partial charge in [-0.05, 0) is 0 Å². The number of hydrogen-bond donors (Lipinski definition) is 1. The van der Waals surface area contributed by atoms with Crippen LogP contribution in [0.25, 0.3) is 0 Å². The summed E-state index contributed by atoms with van der Waals surface area (Å²) in [5.41, 5.74) is 6.32. The predicted octanol–water partition coefficient (Wildman–Crippen LogP) is 0.565. The number of nitrogen functional groups attached to an aromatic ring is 1. The maximum atomic E-state index is 5.52. The molecule has 0 saturated heterocycles. The molecular weight excluding hydrogens is 140 g/mol. The van der Waals surface area contributed by atoms with E-state index in [4.69, 9.17) is 5.73 Å². The van der Waals surface area contributed by atoms with Crippen molar-refractivity contribution in [1.82, 2.24) is 9.55 Å². The Morgan fingerprint density at radius 2 is 2.55 bits per heavy atom. The van der Waals surface area contributed by atoms with Crippen LogP contribution in [-0.2, 0) is 7.05 Å². The second kappa shape index (κ2) is 3.01. The van der Waals surface area contributed by atoms with Crippen LogP contribution in [0.15, 0.2) is 24.1 Å². The SMILES string of the molecule is C=CN=Cc1c(N)ncn1C. The number of imidazole rings is 1. The van der Waals surface area contributed by atoms with Crippen LogP contribution in [0, 0.1) is 0 Å². The van der Waals surface area contributed by atoms with E-state index in [0.717, 1.165) is 5.69 Å². The standard InChI is InChI=1S/C7H10N4/c1-3-9-4-6-7(8)10-5-11(6)2/h3-5H,1,8H2,2H3. The van der Waals surface area contributed by atoms with Crippen LogP contribution >= 0.6 is 0 Å². The third kappa shape index (κ3) is 1.46. The molecule has 0 spiro atoms. The molecular formula is C7H10N4. The lowest BCUT2D eigenvalue weighted by Crippen LogP contribution is -1.97. The second-order valence-electron chi connectivity index (χ2n) is 2.09. The fraction of sp³-hybridized carbons (Fsp3) is 0.143. The van der Waals surface area contributed by atoms with Crippen LogP contribution in [0.3, 0.4) is 0 Å². The highest BCUT2D eigenvalue weighted by Gasteiger charge is 1.99. The van der Waals surface area contributed by atoms with Crippen LogP contribution in [0.2, 0.25) is 0 Å². The van der Waals surface area contributed by atoms with E-state index in [0.29, 0.717) is 5.82 Å². The average Bonchev–Trinajstić information content (AvgIpc) is 2.29. The van der Waals surface area contributed by atoms with Gasteiger partial charge in [-0.25, -0.2) is 4.98 Å². The van der Waals surface area contributed by atoms with E-state index >= 15 is 0 Å². The summed E-state index contributed by atoms with van der Waals surface area (Å²) in [6, 6.07) is 0. The Morgan fingerprint density at radius 1 is 1.82 bits per heavy atom. The first-order valence-corrected chi connectivity index (χ1v) is 3.16. The Kier molecular flexibility index (Phi) is 2.06. The van der Waals surface area contributed by atoms with Crippen LogP contribution in [0.5, 0.6) is 0 Å². The van der Waals surface area contributed by atoms with Gasteiger partial charge in [0.15, 0.2) is 5.82 Å². The minimum atomic E-state index is 0.484. The molecule has 1 rings (SSSR count). The summed E-state index contributed by atoms with van der Waals surface area (Å²) in [5, 5.41) is 0. The highest BCUT2D eigenvalue weighted by atomic mass is 15.1. The first kappa shape index (κ1) is 7.53. The van der Waals surface area contributed by atoms with Gasteiger partial charge in [0.05, 0.1) is 12.5 Å². The van der Waals surface area contributed by atoms with Crippen molar-refractivity contribution >= 4 is 12.0 Å². The number of anilines is 1. The quantitative estimate of drug-likeness (QED) is 0.626. The Hall–Kier alpha value is -1.58. The highest BCUT2D eigenvalue weighted by molar-refractivity contribution is 5.83. The van der Waals surface area contributed by atoms with Gasteiger partial charge >= 0.3 is 0 Å². The summed E-state index contributed by atoms with van der Waals surface area (Å²) in [6.45, 7) is 3.45. The molecule has 4 heteroatoms. The molecule has 0 aliphatic carbocycles. The van der Waals surface area contributed by atoms with Gasteiger partial charge < -0.3 is 10.3 Å². The first-order chi connectivity index (χ1) is 5.25. The van der Waals surface area contributed by atoms with Crippen molar-refractivity contribution < 1.29 is 0 Å². The number of aryl methyl sites for hydroxylation is 1. The monoisotopic (exact) mass is 150 g/mol. The molecule has 0 aromatic carbocycles. The van der Waals surface area contributed by atoms with E-state index in [2.05, 4.69) is 16.6 Å². The molecule has 0 bridgehead atoms. The molecule has 11 heavy (non-hydrogen) atoms. The lowest BCUT2D eigenvalue weighted by atomic mass is 10.4. The van der Waals surface area contributed by atoms with Crippen LogP contribution in [0.1, 0.15) is 5.69 Å². The zero-order valence-corrected chi connectivity index (χ0v) is 6.36. The topological polar surface area (TPSA) is 56.2 Å². The minimum Gasteiger partial charge on any atom is -0.382 e. The average molecular weight is 150 g/mol. The van der Waals surface area contributed by atoms with Crippen LogP contribution in [-0.4, -0.2) is 15.8 Å². The van der Waals surface area contributed by atoms with Gasteiger partial charge in [-0.3, -0.25) is 4.99 Å². The fourth-order valence-corrected chi connectivity index (χ4v) is 0.738. The molecule has 2 N–H and O–H groups in total. The number of aliphatic imine (C=N–C) groups is 1. The van der Waals surface area contributed by atoms with Gasteiger partial charge in [0.25, 0.3) is 0 Å². The molecule has 0 fully saturated rings. The van der Waals surface area contributed by atoms with E-state index in [-0.39, 0.29) is 0 Å². The van der Waals surface area contributed by atoms with Gasteiger partial charge in [0.2, 0.25) is 0 Å². The first-order valence-electron chi connectivity index (χ1n) is 3.16. The minimum absolute atomic E-state index is 0.484. The lowest BCUT2D eigenvalue weighted by Gasteiger charge is -1.93. The zero-order valence-electron chi connectivity index (χ0n) is 6.36. The predicted molar refractivity (Wildman–Crippen MR) is 45.4 cm³/mol. The van der Waals surface area contributed by atoms with Crippen molar-refractivity contribution in [2.45, 2.75) is 0 Å². The molecule has 0 atom stereocenters. The van der Waals surface area contributed by atoms with Gasteiger partial charge in [0, 0.05) is 13.2 Å². The summed E-state index contributed by atoms with van der Waals surface area (Å²) in [5.74, 6) is 0.484. The summed E-state index contributed by atoms with van der Waals surface area (Å²) in [4.78, 5) is 7.72. The summed E-state index contributed by atoms with van der Waals surface area (Å²) in [7, 11) is 1.85. The van der Waals surface area contributed by atoms with E-state index in [1.165, 1.54) is 6.20 Å². The van der Waals surface area contributed by atoms with Gasteiger partial charge in [-0.15, -0.1) is 0 Å². The van der Waals surface area contributed by atoms with Crippen molar-refractivity contribution in [1.29, 1.82) is 0 Å². The van der Waals surface area contributed by atoms with Gasteiger partial charge in [0.1, 0.15) is 5.69 Å². The smallest absolute Gasteiger partial charge is 0.150 e. The van der Waals surface area contributed by atoms with E-state index in [9.17, 15) is 0 Å². The third-order valence-corrected chi connectivity index (χ3v) is 1.31. The molecule has 4 nitrogen and oxygen atoms in total. The van der Waals surface area contributed by atoms with Crippen molar-refractivity contribution in [3.63, 3.8) is 0 Å². The van der Waals surface area contributed by atoms with Crippen LogP contribution < -0.4 is 5.73 Å². The number of hydrogen-bond acceptors (Lipinski definition) is 3. The Balaban J connectivity index is 3.00. The zero-order chi connectivity index (χ0) is 8.27. The van der Waals surface area contributed by atoms with Crippen molar-refractivity contribution in [2.24, 2.45) is 12.0 Å². The molecule has 0 saturated carbocycles. The Bertz CT molecular complexity index is 265.